The van der Waals surface area contributed by atoms with Crippen molar-refractivity contribution in [1.29, 1.82) is 0 Å². The van der Waals surface area contributed by atoms with Crippen LogP contribution in [-0.2, 0) is 4.79 Å². The molecule has 1 aromatic rings. The van der Waals surface area contributed by atoms with E-state index in [1.54, 1.807) is 7.11 Å². The summed E-state index contributed by atoms with van der Waals surface area (Å²) in [5, 5.41) is 3.32. The van der Waals surface area contributed by atoms with Crippen molar-refractivity contribution in [1.82, 2.24) is 10.2 Å². The van der Waals surface area contributed by atoms with Crippen LogP contribution in [0.25, 0.3) is 6.08 Å². The minimum absolute atomic E-state index is 0.0559. The highest BCUT2D eigenvalue weighted by Gasteiger charge is 2.27. The van der Waals surface area contributed by atoms with Crippen molar-refractivity contribution in [3.05, 3.63) is 29.3 Å². The van der Waals surface area contributed by atoms with Crippen molar-refractivity contribution in [2.75, 3.05) is 33.9 Å². The summed E-state index contributed by atoms with van der Waals surface area (Å²) >= 11 is 0. The number of ether oxygens (including phenoxy) is 2. The van der Waals surface area contributed by atoms with Crippen LogP contribution in [0.1, 0.15) is 18.4 Å². The summed E-state index contributed by atoms with van der Waals surface area (Å²) in [6, 6.07) is 6.01. The van der Waals surface area contributed by atoms with Crippen LogP contribution in [0.2, 0.25) is 0 Å². The summed E-state index contributed by atoms with van der Waals surface area (Å²) in [5.74, 6) is 1.47. The SMILES string of the molecule is COc1cccc2c1OCC(C(=O)N(C)C1CCNCC1)=C2. The summed E-state index contributed by atoms with van der Waals surface area (Å²) < 4.78 is 11.1. The zero-order chi connectivity index (χ0) is 15.5. The molecule has 0 bridgehead atoms. The van der Waals surface area contributed by atoms with Crippen LogP contribution in [0.4, 0.5) is 0 Å². The first-order valence-corrected chi connectivity index (χ1v) is 7.69. The average Bonchev–Trinajstić information content (AvgIpc) is 2.60. The van der Waals surface area contributed by atoms with Gasteiger partial charge in [-0.05, 0) is 38.1 Å². The highest BCUT2D eigenvalue weighted by Crippen LogP contribution is 2.35. The molecule has 2 heterocycles. The Morgan fingerprint density at radius 3 is 2.86 bits per heavy atom. The van der Waals surface area contributed by atoms with E-state index < -0.39 is 0 Å². The molecule has 0 atom stereocenters. The number of nitrogens with one attached hydrogen (secondary N) is 1. The number of rotatable bonds is 3. The van der Waals surface area contributed by atoms with Gasteiger partial charge < -0.3 is 19.7 Å². The molecule has 2 aliphatic rings. The molecule has 0 radical (unpaired) electrons. The van der Waals surface area contributed by atoms with Gasteiger partial charge in [0.15, 0.2) is 11.5 Å². The lowest BCUT2D eigenvalue weighted by atomic mass is 10.0. The largest absolute Gasteiger partial charge is 0.493 e. The number of benzene rings is 1. The number of amides is 1. The van der Waals surface area contributed by atoms with E-state index in [2.05, 4.69) is 5.32 Å². The first-order chi connectivity index (χ1) is 10.7. The van der Waals surface area contributed by atoms with Gasteiger partial charge in [-0.25, -0.2) is 0 Å². The molecular formula is C17H22N2O3. The first kappa shape index (κ1) is 14.9. The van der Waals surface area contributed by atoms with E-state index in [4.69, 9.17) is 9.47 Å². The van der Waals surface area contributed by atoms with Crippen LogP contribution in [-0.4, -0.2) is 50.7 Å². The molecule has 1 fully saturated rings. The summed E-state index contributed by atoms with van der Waals surface area (Å²) in [5.41, 5.74) is 1.59. The molecule has 0 aromatic heterocycles. The predicted molar refractivity (Wildman–Crippen MR) is 85.1 cm³/mol. The minimum atomic E-state index is 0.0559. The van der Waals surface area contributed by atoms with Gasteiger partial charge >= 0.3 is 0 Å². The molecule has 0 saturated carbocycles. The Morgan fingerprint density at radius 1 is 1.36 bits per heavy atom. The second kappa shape index (κ2) is 6.40. The summed E-state index contributed by atoms with van der Waals surface area (Å²) in [6.07, 6.45) is 3.92. The Morgan fingerprint density at radius 2 is 2.14 bits per heavy atom. The molecule has 5 nitrogen and oxygen atoms in total. The molecule has 1 aromatic carbocycles. The third-order valence-electron chi connectivity index (χ3n) is 4.38. The molecule has 3 rings (SSSR count). The smallest absolute Gasteiger partial charge is 0.253 e. The van der Waals surface area contributed by atoms with Crippen molar-refractivity contribution in [2.24, 2.45) is 0 Å². The number of methoxy groups -OCH3 is 1. The van der Waals surface area contributed by atoms with E-state index in [9.17, 15) is 4.79 Å². The first-order valence-electron chi connectivity index (χ1n) is 7.69. The molecule has 22 heavy (non-hydrogen) atoms. The summed E-state index contributed by atoms with van der Waals surface area (Å²) in [4.78, 5) is 14.5. The van der Waals surface area contributed by atoms with Gasteiger partial charge in [0.2, 0.25) is 0 Å². The van der Waals surface area contributed by atoms with Gasteiger partial charge in [-0.15, -0.1) is 0 Å². The zero-order valence-electron chi connectivity index (χ0n) is 13.1. The number of carbonyl (C=O) groups excluding carboxylic acids is 1. The third kappa shape index (κ3) is 2.81. The maximum atomic E-state index is 12.7. The molecule has 0 unspecified atom stereocenters. The van der Waals surface area contributed by atoms with Crippen LogP contribution < -0.4 is 14.8 Å². The van der Waals surface area contributed by atoms with Gasteiger partial charge in [-0.3, -0.25) is 4.79 Å². The highest BCUT2D eigenvalue weighted by atomic mass is 16.5. The molecule has 118 valence electrons. The van der Waals surface area contributed by atoms with Crippen molar-refractivity contribution in [3.63, 3.8) is 0 Å². The van der Waals surface area contributed by atoms with Gasteiger partial charge in [0.1, 0.15) is 6.61 Å². The standard InChI is InChI=1S/C17H22N2O3/c1-19(14-6-8-18-9-7-14)17(20)13-10-12-4-3-5-15(21-2)16(12)22-11-13/h3-5,10,14,18H,6-9,11H2,1-2H3. The minimum Gasteiger partial charge on any atom is -0.493 e. The van der Waals surface area contributed by atoms with Gasteiger partial charge in [0.25, 0.3) is 5.91 Å². The van der Waals surface area contributed by atoms with Crippen molar-refractivity contribution >= 4 is 12.0 Å². The molecule has 2 aliphatic heterocycles. The Bertz CT molecular complexity index is 592. The number of piperidine rings is 1. The average molecular weight is 302 g/mol. The summed E-state index contributed by atoms with van der Waals surface area (Å²) in [7, 11) is 3.51. The van der Waals surface area contributed by atoms with Crippen molar-refractivity contribution < 1.29 is 14.3 Å². The number of likely N-dealkylation sites (N-methyl/N-ethyl adjacent to an activating group) is 1. The van der Waals surface area contributed by atoms with Crippen LogP contribution >= 0.6 is 0 Å². The number of nitrogens with zero attached hydrogens (tertiary/aromatic N) is 1. The van der Waals surface area contributed by atoms with Crippen LogP contribution in [0.5, 0.6) is 11.5 Å². The van der Waals surface area contributed by atoms with E-state index >= 15 is 0 Å². The maximum Gasteiger partial charge on any atom is 0.253 e. The number of fused-ring (bicyclic) bond motifs is 1. The van der Waals surface area contributed by atoms with E-state index in [0.29, 0.717) is 29.7 Å². The lowest BCUT2D eigenvalue weighted by Crippen LogP contribution is -2.45. The maximum absolute atomic E-state index is 12.7. The number of hydrogen-bond acceptors (Lipinski definition) is 4. The lowest BCUT2D eigenvalue weighted by Gasteiger charge is -2.33. The quantitative estimate of drug-likeness (QED) is 0.923. The molecule has 1 amide bonds. The Kier molecular flexibility index (Phi) is 4.34. The molecule has 5 heteroatoms. The molecule has 1 saturated heterocycles. The van der Waals surface area contributed by atoms with E-state index in [0.717, 1.165) is 31.5 Å². The van der Waals surface area contributed by atoms with Crippen molar-refractivity contribution in [2.45, 2.75) is 18.9 Å². The Balaban J connectivity index is 1.79. The second-order valence-electron chi connectivity index (χ2n) is 5.73. The molecule has 0 aliphatic carbocycles. The van der Waals surface area contributed by atoms with Crippen LogP contribution in [0, 0.1) is 0 Å². The predicted octanol–water partition coefficient (Wildman–Crippen LogP) is 1.68. The highest BCUT2D eigenvalue weighted by molar-refractivity contribution is 5.99. The van der Waals surface area contributed by atoms with Crippen molar-refractivity contribution in [3.8, 4) is 11.5 Å². The number of hydrogen-bond donors (Lipinski definition) is 1. The van der Waals surface area contributed by atoms with Crippen LogP contribution in [0.15, 0.2) is 23.8 Å². The lowest BCUT2D eigenvalue weighted by molar-refractivity contribution is -0.128. The molecular weight excluding hydrogens is 280 g/mol. The van der Waals surface area contributed by atoms with Gasteiger partial charge in [0, 0.05) is 18.7 Å². The van der Waals surface area contributed by atoms with E-state index in [1.807, 2.05) is 36.2 Å². The Labute approximate surface area is 130 Å². The third-order valence-corrected chi connectivity index (χ3v) is 4.38. The Hall–Kier alpha value is -2.01. The second-order valence-corrected chi connectivity index (χ2v) is 5.73. The molecule has 1 N–H and O–H groups in total. The summed E-state index contributed by atoms with van der Waals surface area (Å²) in [6.45, 7) is 2.23. The fourth-order valence-corrected chi connectivity index (χ4v) is 3.05. The fourth-order valence-electron chi connectivity index (χ4n) is 3.05. The van der Waals surface area contributed by atoms with E-state index in [-0.39, 0.29) is 5.91 Å². The monoisotopic (exact) mass is 302 g/mol. The van der Waals surface area contributed by atoms with E-state index in [1.165, 1.54) is 0 Å². The zero-order valence-corrected chi connectivity index (χ0v) is 13.1. The number of para-hydroxylation sites is 1. The fraction of sp³-hybridized carbons (Fsp3) is 0.471. The van der Waals surface area contributed by atoms with Gasteiger partial charge in [-0.1, -0.05) is 12.1 Å². The normalized spacial score (nSPS) is 18.0. The molecule has 0 spiro atoms. The van der Waals surface area contributed by atoms with Crippen LogP contribution in [0.3, 0.4) is 0 Å². The van der Waals surface area contributed by atoms with Gasteiger partial charge in [0.05, 0.1) is 12.7 Å². The topological polar surface area (TPSA) is 50.8 Å². The number of carbonyl (C=O) groups is 1. The van der Waals surface area contributed by atoms with Gasteiger partial charge in [-0.2, -0.15) is 0 Å².